The summed E-state index contributed by atoms with van der Waals surface area (Å²) < 4.78 is 12.7. The molecule has 0 unspecified atom stereocenters. The van der Waals surface area contributed by atoms with E-state index < -0.39 is 5.82 Å². The molecule has 0 aliphatic rings. The van der Waals surface area contributed by atoms with Crippen LogP contribution in [0.5, 0.6) is 0 Å². The van der Waals surface area contributed by atoms with Crippen molar-refractivity contribution in [1.82, 2.24) is 0 Å². The van der Waals surface area contributed by atoms with Crippen molar-refractivity contribution in [2.24, 2.45) is 0 Å². The van der Waals surface area contributed by atoms with Crippen LogP contribution in [0.2, 0.25) is 5.02 Å². The van der Waals surface area contributed by atoms with E-state index in [1.807, 2.05) is 6.07 Å². The molecule has 1 aromatic rings. The van der Waals surface area contributed by atoms with E-state index in [1.54, 1.807) is 0 Å². The van der Waals surface area contributed by atoms with Crippen molar-refractivity contribution in [3.63, 3.8) is 0 Å². The lowest BCUT2D eigenvalue weighted by molar-refractivity contribution is 0.627. The Morgan fingerprint density at radius 2 is 2.25 bits per heavy atom. The summed E-state index contributed by atoms with van der Waals surface area (Å²) in [5, 5.41) is 9.34. The molecule has 0 aliphatic heterocycles. The highest BCUT2D eigenvalue weighted by Gasteiger charge is 2.07. The van der Waals surface area contributed by atoms with E-state index in [2.05, 4.69) is 15.9 Å². The fraction of sp³-hybridized carbons (Fsp3) is 0.125. The van der Waals surface area contributed by atoms with Gasteiger partial charge in [-0.2, -0.15) is 5.26 Å². The number of rotatable bonds is 1. The first-order valence-corrected chi connectivity index (χ1v) is 4.63. The molecular formula is C8H4BrClFN. The number of hydrogen-bond acceptors (Lipinski definition) is 1. The minimum atomic E-state index is -0.485. The predicted molar refractivity (Wildman–Crippen MR) is 48.8 cm³/mol. The molecular weight excluding hydrogens is 244 g/mol. The summed E-state index contributed by atoms with van der Waals surface area (Å²) in [6.07, 6.45) is 0. The minimum Gasteiger partial charge on any atom is -0.207 e. The van der Waals surface area contributed by atoms with E-state index >= 15 is 0 Å². The first-order chi connectivity index (χ1) is 5.69. The Morgan fingerprint density at radius 1 is 1.58 bits per heavy atom. The summed E-state index contributed by atoms with van der Waals surface area (Å²) in [7, 11) is 0. The fourth-order valence-electron chi connectivity index (χ4n) is 0.839. The average Bonchev–Trinajstić information content (AvgIpc) is 2.03. The van der Waals surface area contributed by atoms with Crippen LogP contribution >= 0.6 is 27.5 Å². The molecule has 0 amide bonds. The normalized spacial score (nSPS) is 9.50. The van der Waals surface area contributed by atoms with Crippen LogP contribution in [-0.4, -0.2) is 0 Å². The summed E-state index contributed by atoms with van der Waals surface area (Å²) in [4.78, 5) is 0. The highest BCUT2D eigenvalue weighted by atomic mass is 79.9. The van der Waals surface area contributed by atoms with E-state index in [4.69, 9.17) is 16.9 Å². The highest BCUT2D eigenvalue weighted by Crippen LogP contribution is 2.23. The number of hydrogen-bond donors (Lipinski definition) is 0. The molecule has 0 radical (unpaired) electrons. The molecule has 0 saturated heterocycles. The smallest absolute Gasteiger partial charge is 0.126 e. The molecule has 0 spiro atoms. The molecule has 0 N–H and O–H groups in total. The van der Waals surface area contributed by atoms with Crippen LogP contribution in [0.4, 0.5) is 4.39 Å². The zero-order chi connectivity index (χ0) is 9.14. The van der Waals surface area contributed by atoms with Gasteiger partial charge in [-0.05, 0) is 17.7 Å². The van der Waals surface area contributed by atoms with E-state index in [0.717, 1.165) is 0 Å². The highest BCUT2D eigenvalue weighted by molar-refractivity contribution is 9.08. The second kappa shape index (κ2) is 3.88. The summed E-state index contributed by atoms with van der Waals surface area (Å²) in [5.41, 5.74) is 0.900. The van der Waals surface area contributed by atoms with Crippen LogP contribution in [0.1, 0.15) is 11.1 Å². The molecule has 0 saturated carbocycles. The van der Waals surface area contributed by atoms with Gasteiger partial charge in [-0.3, -0.25) is 0 Å². The summed E-state index contributed by atoms with van der Waals surface area (Å²) in [5.74, 6) is -0.485. The zero-order valence-corrected chi connectivity index (χ0v) is 8.28. The lowest BCUT2D eigenvalue weighted by atomic mass is 10.1. The van der Waals surface area contributed by atoms with E-state index in [9.17, 15) is 4.39 Å². The van der Waals surface area contributed by atoms with Crippen molar-refractivity contribution in [3.05, 3.63) is 34.1 Å². The molecule has 4 heteroatoms. The van der Waals surface area contributed by atoms with Gasteiger partial charge in [0.2, 0.25) is 0 Å². The Labute approximate surface area is 82.9 Å². The maximum absolute atomic E-state index is 12.7. The summed E-state index contributed by atoms with van der Waals surface area (Å²) in [6.45, 7) is 0. The number of benzene rings is 1. The largest absolute Gasteiger partial charge is 0.207 e. The molecule has 12 heavy (non-hydrogen) atoms. The van der Waals surface area contributed by atoms with Crippen LogP contribution in [0, 0.1) is 17.1 Å². The second-order valence-electron chi connectivity index (χ2n) is 2.16. The molecule has 1 aromatic carbocycles. The van der Waals surface area contributed by atoms with Crippen LogP contribution in [-0.2, 0) is 5.33 Å². The first kappa shape index (κ1) is 9.50. The number of nitriles is 1. The Balaban J connectivity index is 3.36. The van der Waals surface area contributed by atoms with Crippen LogP contribution in [0.3, 0.4) is 0 Å². The monoisotopic (exact) mass is 247 g/mol. The third-order valence-corrected chi connectivity index (χ3v) is 2.31. The standard InChI is InChI=1S/C8H4BrClFN/c9-3-7-5(4-12)1-6(11)2-8(7)10/h1-2H,3H2. The maximum atomic E-state index is 12.7. The Bertz CT molecular complexity index is 346. The van der Waals surface area contributed by atoms with Crippen LogP contribution in [0.15, 0.2) is 12.1 Å². The van der Waals surface area contributed by atoms with Gasteiger partial charge >= 0.3 is 0 Å². The molecule has 0 aliphatic carbocycles. The van der Waals surface area contributed by atoms with E-state index in [0.29, 0.717) is 10.9 Å². The number of alkyl halides is 1. The SMILES string of the molecule is N#Cc1cc(F)cc(Cl)c1CBr. The molecule has 0 bridgehead atoms. The quantitative estimate of drug-likeness (QED) is 0.700. The third-order valence-electron chi connectivity index (χ3n) is 1.41. The predicted octanol–water partition coefficient (Wildman–Crippen LogP) is 3.25. The summed E-state index contributed by atoms with van der Waals surface area (Å²) >= 11 is 8.86. The van der Waals surface area contributed by atoms with Crippen LogP contribution in [0.25, 0.3) is 0 Å². The van der Waals surface area contributed by atoms with Gasteiger partial charge in [-0.15, -0.1) is 0 Å². The van der Waals surface area contributed by atoms with Crippen molar-refractivity contribution in [2.45, 2.75) is 5.33 Å². The van der Waals surface area contributed by atoms with Crippen molar-refractivity contribution in [3.8, 4) is 6.07 Å². The van der Waals surface area contributed by atoms with Gasteiger partial charge in [0.15, 0.2) is 0 Å². The van der Waals surface area contributed by atoms with Crippen molar-refractivity contribution >= 4 is 27.5 Å². The van der Waals surface area contributed by atoms with Crippen molar-refractivity contribution in [1.29, 1.82) is 5.26 Å². The molecule has 1 rings (SSSR count). The second-order valence-corrected chi connectivity index (χ2v) is 3.13. The van der Waals surface area contributed by atoms with Crippen molar-refractivity contribution < 1.29 is 4.39 Å². The molecule has 0 atom stereocenters. The van der Waals surface area contributed by atoms with Gasteiger partial charge in [0.25, 0.3) is 0 Å². The van der Waals surface area contributed by atoms with E-state index in [-0.39, 0.29) is 10.6 Å². The van der Waals surface area contributed by atoms with Gasteiger partial charge in [0, 0.05) is 10.4 Å². The zero-order valence-electron chi connectivity index (χ0n) is 5.94. The van der Waals surface area contributed by atoms with E-state index in [1.165, 1.54) is 12.1 Å². The van der Waals surface area contributed by atoms with Gasteiger partial charge < -0.3 is 0 Å². The molecule has 62 valence electrons. The molecule has 1 nitrogen and oxygen atoms in total. The van der Waals surface area contributed by atoms with Gasteiger partial charge in [0.1, 0.15) is 5.82 Å². The number of halogens is 3. The maximum Gasteiger partial charge on any atom is 0.126 e. The van der Waals surface area contributed by atoms with Crippen molar-refractivity contribution in [2.75, 3.05) is 0 Å². The summed E-state index contributed by atoms with van der Waals surface area (Å²) in [6, 6.07) is 4.24. The Morgan fingerprint density at radius 3 is 2.75 bits per heavy atom. The number of nitrogens with zero attached hydrogens (tertiary/aromatic N) is 1. The lowest BCUT2D eigenvalue weighted by Gasteiger charge is -2.01. The minimum absolute atomic E-state index is 0.275. The fourth-order valence-corrected chi connectivity index (χ4v) is 1.88. The third kappa shape index (κ3) is 1.77. The average molecular weight is 248 g/mol. The molecule has 0 aromatic heterocycles. The van der Waals surface area contributed by atoms with Crippen LogP contribution < -0.4 is 0 Å². The topological polar surface area (TPSA) is 23.8 Å². The first-order valence-electron chi connectivity index (χ1n) is 3.13. The lowest BCUT2D eigenvalue weighted by Crippen LogP contribution is -1.89. The van der Waals surface area contributed by atoms with Gasteiger partial charge in [-0.25, -0.2) is 4.39 Å². The molecule has 0 fully saturated rings. The van der Waals surface area contributed by atoms with Gasteiger partial charge in [-0.1, -0.05) is 27.5 Å². The Hall–Kier alpha value is -0.590. The molecule has 0 heterocycles. The van der Waals surface area contributed by atoms with Gasteiger partial charge in [0.05, 0.1) is 11.6 Å². The Kier molecular flexibility index (Phi) is 3.07.